The van der Waals surface area contributed by atoms with Gasteiger partial charge in [-0.3, -0.25) is 9.52 Å². The summed E-state index contributed by atoms with van der Waals surface area (Å²) in [5.74, 6) is -0.247. The molecule has 0 saturated carbocycles. The lowest BCUT2D eigenvalue weighted by Crippen LogP contribution is -2.22. The van der Waals surface area contributed by atoms with Crippen LogP contribution in [0.5, 0.6) is 0 Å². The topological polar surface area (TPSA) is 122 Å². The minimum atomic E-state index is -3.98. The first-order valence-corrected chi connectivity index (χ1v) is 9.46. The number of nitrogens with one attached hydrogen (secondary N) is 1. The number of hydrogen-bond acceptors (Lipinski definition) is 5. The number of ether oxygens (including phenoxy) is 1. The van der Waals surface area contributed by atoms with Gasteiger partial charge in [-0.1, -0.05) is 30.3 Å². The summed E-state index contributed by atoms with van der Waals surface area (Å²) in [6.07, 6.45) is 0.844. The summed E-state index contributed by atoms with van der Waals surface area (Å²) in [5.41, 5.74) is 2.84. The van der Waals surface area contributed by atoms with Crippen LogP contribution in [0.2, 0.25) is 0 Å². The second-order valence-electron chi connectivity index (χ2n) is 5.52. The van der Waals surface area contributed by atoms with Gasteiger partial charge in [0, 0.05) is 12.0 Å². The number of carbonyl (C=O) groups is 1. The molecule has 0 heterocycles. The van der Waals surface area contributed by atoms with Crippen molar-refractivity contribution in [3.05, 3.63) is 53.6 Å². The van der Waals surface area contributed by atoms with Gasteiger partial charge in [0.05, 0.1) is 23.9 Å². The molecule has 0 bridgehead atoms. The molecule has 0 unspecified atom stereocenters. The van der Waals surface area contributed by atoms with E-state index in [1.165, 1.54) is 6.07 Å². The highest BCUT2D eigenvalue weighted by Crippen LogP contribution is 2.30. The Morgan fingerprint density at radius 1 is 1.23 bits per heavy atom. The van der Waals surface area contributed by atoms with Gasteiger partial charge in [-0.05, 0) is 36.6 Å². The summed E-state index contributed by atoms with van der Waals surface area (Å²) in [6, 6.07) is 14.0. The standard InChI is InChI=1S/C18H19N3O4S/c1-2-25-18(22)10-6-13-3-7-15(8-4-13)16-9-5-14(12-19)11-17(16)21-26(20,23)24/h3-5,7-9,11,21H,2,6,10H2,1H3,(H2,20,23,24). The maximum atomic E-state index is 11.4. The average molecular weight is 373 g/mol. The van der Waals surface area contributed by atoms with E-state index >= 15 is 0 Å². The van der Waals surface area contributed by atoms with Gasteiger partial charge in [-0.15, -0.1) is 0 Å². The molecule has 0 amide bonds. The van der Waals surface area contributed by atoms with E-state index < -0.39 is 10.2 Å². The molecular formula is C18H19N3O4S. The molecule has 2 aromatic carbocycles. The zero-order valence-electron chi connectivity index (χ0n) is 14.2. The van der Waals surface area contributed by atoms with E-state index in [1.54, 1.807) is 19.1 Å². The lowest BCUT2D eigenvalue weighted by atomic mass is 9.99. The Hall–Kier alpha value is -2.89. The SMILES string of the molecule is CCOC(=O)CCc1ccc(-c2ccc(C#N)cc2NS(N)(=O)=O)cc1. The first-order valence-electron chi connectivity index (χ1n) is 7.92. The lowest BCUT2D eigenvalue weighted by Gasteiger charge is -2.12. The van der Waals surface area contributed by atoms with Gasteiger partial charge in [-0.2, -0.15) is 13.7 Å². The van der Waals surface area contributed by atoms with Gasteiger partial charge in [-0.25, -0.2) is 5.14 Å². The Morgan fingerprint density at radius 3 is 2.50 bits per heavy atom. The molecule has 0 aliphatic carbocycles. The quantitative estimate of drug-likeness (QED) is 0.721. The molecule has 7 nitrogen and oxygen atoms in total. The monoisotopic (exact) mass is 373 g/mol. The van der Waals surface area contributed by atoms with Crippen molar-refractivity contribution in [2.75, 3.05) is 11.3 Å². The summed E-state index contributed by atoms with van der Waals surface area (Å²) in [4.78, 5) is 11.4. The van der Waals surface area contributed by atoms with E-state index in [2.05, 4.69) is 4.72 Å². The number of rotatable bonds is 7. The number of anilines is 1. The van der Waals surface area contributed by atoms with Gasteiger partial charge < -0.3 is 4.74 Å². The van der Waals surface area contributed by atoms with Crippen LogP contribution in [-0.2, 0) is 26.2 Å². The summed E-state index contributed by atoms with van der Waals surface area (Å²) in [5, 5.41) is 14.1. The lowest BCUT2D eigenvalue weighted by molar-refractivity contribution is -0.143. The third-order valence-electron chi connectivity index (χ3n) is 3.59. The fourth-order valence-electron chi connectivity index (χ4n) is 2.43. The molecule has 0 spiro atoms. The van der Waals surface area contributed by atoms with Crippen LogP contribution >= 0.6 is 0 Å². The second-order valence-corrected chi connectivity index (χ2v) is 6.82. The molecule has 0 fully saturated rings. The van der Waals surface area contributed by atoms with Crippen molar-refractivity contribution in [1.29, 1.82) is 5.26 Å². The molecule has 2 aromatic rings. The minimum Gasteiger partial charge on any atom is -0.466 e. The van der Waals surface area contributed by atoms with Crippen molar-refractivity contribution in [2.45, 2.75) is 19.8 Å². The van der Waals surface area contributed by atoms with Crippen molar-refractivity contribution < 1.29 is 17.9 Å². The van der Waals surface area contributed by atoms with Crippen molar-refractivity contribution in [3.8, 4) is 17.2 Å². The van der Waals surface area contributed by atoms with E-state index in [9.17, 15) is 13.2 Å². The summed E-state index contributed by atoms with van der Waals surface area (Å²) >= 11 is 0. The third-order valence-corrected chi connectivity index (χ3v) is 4.09. The maximum absolute atomic E-state index is 11.4. The summed E-state index contributed by atoms with van der Waals surface area (Å²) in [6.45, 7) is 2.12. The number of carbonyl (C=O) groups excluding carboxylic acids is 1. The molecule has 0 aromatic heterocycles. The fourth-order valence-corrected chi connectivity index (χ4v) is 2.91. The van der Waals surface area contributed by atoms with Crippen molar-refractivity contribution in [1.82, 2.24) is 0 Å². The van der Waals surface area contributed by atoms with E-state index in [0.717, 1.165) is 11.1 Å². The molecule has 26 heavy (non-hydrogen) atoms. The van der Waals surface area contributed by atoms with Crippen molar-refractivity contribution >= 4 is 21.9 Å². The highest BCUT2D eigenvalue weighted by molar-refractivity contribution is 7.90. The van der Waals surface area contributed by atoms with Gasteiger partial charge in [0.15, 0.2) is 0 Å². The Balaban J connectivity index is 2.25. The Morgan fingerprint density at radius 2 is 1.92 bits per heavy atom. The van der Waals surface area contributed by atoms with Crippen LogP contribution in [0.25, 0.3) is 11.1 Å². The van der Waals surface area contributed by atoms with Crippen LogP contribution in [-0.4, -0.2) is 21.0 Å². The third kappa shape index (κ3) is 5.58. The first-order chi connectivity index (χ1) is 12.3. The molecule has 2 rings (SSSR count). The Kier molecular flexibility index (Phi) is 6.33. The van der Waals surface area contributed by atoms with Crippen LogP contribution in [0.3, 0.4) is 0 Å². The largest absolute Gasteiger partial charge is 0.466 e. The van der Waals surface area contributed by atoms with Crippen LogP contribution in [0.15, 0.2) is 42.5 Å². The highest BCUT2D eigenvalue weighted by atomic mass is 32.2. The second kappa shape index (κ2) is 8.47. The fraction of sp³-hybridized carbons (Fsp3) is 0.222. The predicted octanol–water partition coefficient (Wildman–Crippen LogP) is 2.34. The van der Waals surface area contributed by atoms with E-state index in [-0.39, 0.29) is 11.7 Å². The van der Waals surface area contributed by atoms with Crippen molar-refractivity contribution in [3.63, 3.8) is 0 Å². The zero-order valence-corrected chi connectivity index (χ0v) is 15.0. The van der Waals surface area contributed by atoms with E-state index in [1.807, 2.05) is 30.3 Å². The van der Waals surface area contributed by atoms with Crippen LogP contribution in [0, 0.1) is 11.3 Å². The number of aryl methyl sites for hydroxylation is 1. The maximum Gasteiger partial charge on any atom is 0.306 e. The minimum absolute atomic E-state index is 0.228. The van der Waals surface area contributed by atoms with E-state index in [4.69, 9.17) is 15.1 Å². The molecule has 0 aliphatic heterocycles. The van der Waals surface area contributed by atoms with E-state index in [0.29, 0.717) is 30.6 Å². The molecule has 0 saturated heterocycles. The molecular weight excluding hydrogens is 354 g/mol. The molecule has 0 atom stereocenters. The number of nitriles is 1. The predicted molar refractivity (Wildman–Crippen MR) is 98.3 cm³/mol. The smallest absolute Gasteiger partial charge is 0.306 e. The number of hydrogen-bond donors (Lipinski definition) is 2. The Labute approximate surface area is 152 Å². The van der Waals surface area contributed by atoms with Crippen LogP contribution in [0.4, 0.5) is 5.69 Å². The number of esters is 1. The molecule has 3 N–H and O–H groups in total. The number of nitrogens with two attached hydrogens (primary N) is 1. The van der Waals surface area contributed by atoms with Crippen molar-refractivity contribution in [2.24, 2.45) is 5.14 Å². The molecule has 136 valence electrons. The molecule has 8 heteroatoms. The average Bonchev–Trinajstić information content (AvgIpc) is 2.59. The normalized spacial score (nSPS) is 10.8. The molecule has 0 radical (unpaired) electrons. The first kappa shape index (κ1) is 19.4. The van der Waals surface area contributed by atoms with Crippen LogP contribution < -0.4 is 9.86 Å². The van der Waals surface area contributed by atoms with Gasteiger partial charge in [0.1, 0.15) is 0 Å². The number of nitrogens with zero attached hydrogens (tertiary/aromatic N) is 1. The summed E-state index contributed by atoms with van der Waals surface area (Å²) in [7, 11) is -3.98. The number of benzene rings is 2. The Bertz CT molecular complexity index is 932. The van der Waals surface area contributed by atoms with Gasteiger partial charge in [0.2, 0.25) is 0 Å². The van der Waals surface area contributed by atoms with Gasteiger partial charge >= 0.3 is 5.97 Å². The zero-order chi connectivity index (χ0) is 19.2. The van der Waals surface area contributed by atoms with Gasteiger partial charge in [0.25, 0.3) is 10.2 Å². The molecule has 0 aliphatic rings. The summed E-state index contributed by atoms with van der Waals surface area (Å²) < 4.78 is 29.9. The van der Waals surface area contributed by atoms with Crippen LogP contribution in [0.1, 0.15) is 24.5 Å². The highest BCUT2D eigenvalue weighted by Gasteiger charge is 2.11.